The molecule has 1 aliphatic rings. The Morgan fingerprint density at radius 1 is 1.27 bits per heavy atom. The van der Waals surface area contributed by atoms with E-state index < -0.39 is 12.1 Å². The van der Waals surface area contributed by atoms with Gasteiger partial charge in [-0.15, -0.1) is 0 Å². The molecule has 2 N–H and O–H groups in total. The number of benzene rings is 1. The van der Waals surface area contributed by atoms with E-state index in [9.17, 15) is 17.6 Å². The van der Waals surface area contributed by atoms with E-state index in [4.69, 9.17) is 4.74 Å². The fraction of sp³-hybridized carbons (Fsp3) is 0.611. The first kappa shape index (κ1) is 20.5. The Hall–Kier alpha value is -1.83. The zero-order valence-corrected chi connectivity index (χ0v) is 14.9. The van der Waals surface area contributed by atoms with Gasteiger partial charge in [-0.2, -0.15) is 13.2 Å². The number of hydrogen-bond acceptors (Lipinski definition) is 2. The molecule has 1 aliphatic carbocycles. The molecular weight excluding hydrogens is 350 g/mol. The average molecular weight is 375 g/mol. The Balaban J connectivity index is 1.89. The molecule has 1 saturated carbocycles. The van der Waals surface area contributed by atoms with Gasteiger partial charge in [-0.05, 0) is 37.0 Å². The van der Waals surface area contributed by atoms with Gasteiger partial charge in [-0.1, -0.05) is 18.6 Å². The molecule has 146 valence electrons. The monoisotopic (exact) mass is 375 g/mol. The smallest absolute Gasteiger partial charge is 0.375 e. The highest BCUT2D eigenvalue weighted by Gasteiger charge is 2.42. The molecule has 0 aromatic heterocycles. The first-order valence-corrected chi connectivity index (χ1v) is 8.65. The van der Waals surface area contributed by atoms with E-state index in [1.807, 2.05) is 0 Å². The van der Waals surface area contributed by atoms with Crippen LogP contribution in [0.5, 0.6) is 0 Å². The van der Waals surface area contributed by atoms with Crippen molar-refractivity contribution < 1.29 is 22.3 Å². The van der Waals surface area contributed by atoms with Crippen molar-refractivity contribution in [1.29, 1.82) is 0 Å². The van der Waals surface area contributed by atoms with Crippen LogP contribution in [0.2, 0.25) is 0 Å². The second kappa shape index (κ2) is 9.21. The van der Waals surface area contributed by atoms with Crippen molar-refractivity contribution in [2.75, 3.05) is 20.7 Å². The summed E-state index contributed by atoms with van der Waals surface area (Å²) in [7, 11) is 3.11. The summed E-state index contributed by atoms with van der Waals surface area (Å²) in [5.74, 6) is -1.16. The topological polar surface area (TPSA) is 45.7 Å². The van der Waals surface area contributed by atoms with Crippen molar-refractivity contribution in [2.45, 2.75) is 44.0 Å². The Kier molecular flexibility index (Phi) is 7.25. The third-order valence-corrected chi connectivity index (χ3v) is 4.68. The standard InChI is InChI=1S/C18H25F4N3O/c1-23-17(25-15-5-3-4-13(10-15)18(20,21)22)24-11-16(26-2)12-6-8-14(19)9-7-12/h6-9,13,15-16H,3-5,10-11H2,1-2H3,(H2,23,24,25). The highest BCUT2D eigenvalue weighted by molar-refractivity contribution is 5.80. The molecule has 0 heterocycles. The van der Waals surface area contributed by atoms with Crippen molar-refractivity contribution in [2.24, 2.45) is 10.9 Å². The first-order chi connectivity index (χ1) is 12.3. The van der Waals surface area contributed by atoms with Gasteiger partial charge in [0.05, 0.1) is 12.0 Å². The number of methoxy groups -OCH3 is 1. The quantitative estimate of drug-likeness (QED) is 0.468. The van der Waals surface area contributed by atoms with Gasteiger partial charge in [0.15, 0.2) is 5.96 Å². The summed E-state index contributed by atoms with van der Waals surface area (Å²) in [6.07, 6.45) is -3.03. The van der Waals surface area contributed by atoms with Crippen LogP contribution in [0.1, 0.15) is 37.4 Å². The average Bonchev–Trinajstić information content (AvgIpc) is 2.62. The van der Waals surface area contributed by atoms with E-state index in [-0.39, 0.29) is 30.8 Å². The van der Waals surface area contributed by atoms with Crippen LogP contribution in [-0.2, 0) is 4.74 Å². The fourth-order valence-electron chi connectivity index (χ4n) is 3.21. The molecule has 2 rings (SSSR count). The molecule has 3 atom stereocenters. The van der Waals surface area contributed by atoms with Gasteiger partial charge in [-0.3, -0.25) is 4.99 Å². The SMILES string of the molecule is CN=C(NCC(OC)c1ccc(F)cc1)NC1CCCC(C(F)(F)F)C1. The van der Waals surface area contributed by atoms with Crippen molar-refractivity contribution in [3.8, 4) is 0 Å². The van der Waals surface area contributed by atoms with E-state index in [2.05, 4.69) is 15.6 Å². The van der Waals surface area contributed by atoms with Gasteiger partial charge in [0.25, 0.3) is 0 Å². The summed E-state index contributed by atoms with van der Waals surface area (Å²) in [4.78, 5) is 4.08. The lowest BCUT2D eigenvalue weighted by Gasteiger charge is -2.32. The molecule has 0 spiro atoms. The van der Waals surface area contributed by atoms with Gasteiger partial charge < -0.3 is 15.4 Å². The Morgan fingerprint density at radius 2 is 1.96 bits per heavy atom. The molecule has 26 heavy (non-hydrogen) atoms. The van der Waals surface area contributed by atoms with E-state index in [1.165, 1.54) is 12.1 Å². The van der Waals surface area contributed by atoms with E-state index in [0.29, 0.717) is 25.3 Å². The number of nitrogens with zero attached hydrogens (tertiary/aromatic N) is 1. The predicted molar refractivity (Wildman–Crippen MR) is 92.4 cm³/mol. The van der Waals surface area contributed by atoms with Gasteiger partial charge in [0.1, 0.15) is 5.82 Å². The normalized spacial score (nSPS) is 22.8. The number of halogens is 4. The molecule has 3 unspecified atom stereocenters. The number of nitrogens with one attached hydrogen (secondary N) is 2. The van der Waals surface area contributed by atoms with Gasteiger partial charge in [-0.25, -0.2) is 4.39 Å². The number of alkyl halides is 3. The summed E-state index contributed by atoms with van der Waals surface area (Å²) < 4.78 is 57.2. The van der Waals surface area contributed by atoms with Crippen molar-refractivity contribution >= 4 is 5.96 Å². The molecule has 0 aliphatic heterocycles. The Labute approximate surface area is 151 Å². The van der Waals surface area contributed by atoms with Crippen LogP contribution < -0.4 is 10.6 Å². The Morgan fingerprint density at radius 3 is 2.54 bits per heavy atom. The summed E-state index contributed by atoms with van der Waals surface area (Å²) in [5.41, 5.74) is 0.798. The first-order valence-electron chi connectivity index (χ1n) is 8.65. The third-order valence-electron chi connectivity index (χ3n) is 4.68. The molecule has 0 radical (unpaired) electrons. The number of rotatable bonds is 5. The highest BCUT2D eigenvalue weighted by atomic mass is 19.4. The van der Waals surface area contributed by atoms with Crippen LogP contribution in [0.15, 0.2) is 29.3 Å². The lowest BCUT2D eigenvalue weighted by Crippen LogP contribution is -2.47. The lowest BCUT2D eigenvalue weighted by molar-refractivity contribution is -0.183. The lowest BCUT2D eigenvalue weighted by atomic mass is 9.85. The predicted octanol–water partition coefficient (Wildman–Crippen LogP) is 3.80. The molecule has 8 heteroatoms. The highest BCUT2D eigenvalue weighted by Crippen LogP contribution is 2.37. The van der Waals surface area contributed by atoms with Crippen molar-refractivity contribution in [1.82, 2.24) is 10.6 Å². The summed E-state index contributed by atoms with van der Waals surface area (Å²) in [5, 5.41) is 6.14. The maximum Gasteiger partial charge on any atom is 0.391 e. The van der Waals surface area contributed by atoms with E-state index in [1.54, 1.807) is 26.3 Å². The molecule has 1 aromatic carbocycles. The number of ether oxygens (including phenoxy) is 1. The molecular formula is C18H25F4N3O. The van der Waals surface area contributed by atoms with Crippen molar-refractivity contribution in [3.05, 3.63) is 35.6 Å². The summed E-state index contributed by atoms with van der Waals surface area (Å²) >= 11 is 0. The number of hydrogen-bond donors (Lipinski definition) is 2. The van der Waals surface area contributed by atoms with Crippen LogP contribution in [0, 0.1) is 11.7 Å². The van der Waals surface area contributed by atoms with Crippen LogP contribution in [0.4, 0.5) is 17.6 Å². The third kappa shape index (κ3) is 5.86. The summed E-state index contributed by atoms with van der Waals surface area (Å²) in [6, 6.07) is 5.71. The molecule has 4 nitrogen and oxygen atoms in total. The molecule has 0 amide bonds. The molecule has 1 fully saturated rings. The maximum atomic E-state index is 13.0. The minimum Gasteiger partial charge on any atom is -0.375 e. The minimum absolute atomic E-state index is 0.0515. The zero-order valence-electron chi connectivity index (χ0n) is 14.9. The van der Waals surface area contributed by atoms with Gasteiger partial charge >= 0.3 is 6.18 Å². The molecule has 0 bridgehead atoms. The van der Waals surface area contributed by atoms with Crippen LogP contribution in [-0.4, -0.2) is 38.9 Å². The van der Waals surface area contributed by atoms with Gasteiger partial charge in [0.2, 0.25) is 0 Å². The van der Waals surface area contributed by atoms with Gasteiger partial charge in [0, 0.05) is 26.7 Å². The van der Waals surface area contributed by atoms with E-state index >= 15 is 0 Å². The second-order valence-electron chi connectivity index (χ2n) is 6.48. The fourth-order valence-corrected chi connectivity index (χ4v) is 3.21. The molecule has 0 saturated heterocycles. The number of guanidine groups is 1. The second-order valence-corrected chi connectivity index (χ2v) is 6.48. The van der Waals surface area contributed by atoms with E-state index in [0.717, 1.165) is 5.56 Å². The van der Waals surface area contributed by atoms with Crippen LogP contribution >= 0.6 is 0 Å². The Bertz CT molecular complexity index is 589. The van der Waals surface area contributed by atoms with Crippen molar-refractivity contribution in [3.63, 3.8) is 0 Å². The number of aliphatic imine (C=N–C) groups is 1. The van der Waals surface area contributed by atoms with Crippen LogP contribution in [0.25, 0.3) is 0 Å². The maximum absolute atomic E-state index is 13.0. The summed E-state index contributed by atoms with van der Waals surface area (Å²) in [6.45, 7) is 0.358. The minimum atomic E-state index is -4.15. The zero-order chi connectivity index (χ0) is 19.2. The van der Waals surface area contributed by atoms with Crippen LogP contribution in [0.3, 0.4) is 0 Å². The largest absolute Gasteiger partial charge is 0.391 e. The molecule has 1 aromatic rings.